The van der Waals surface area contributed by atoms with E-state index in [0.29, 0.717) is 11.1 Å². The number of aliphatic carboxylic acids is 1. The number of rotatable bonds is 5. The molecule has 0 aliphatic rings. The van der Waals surface area contributed by atoms with Gasteiger partial charge in [-0.3, -0.25) is 9.59 Å². The van der Waals surface area contributed by atoms with Gasteiger partial charge in [0.2, 0.25) is 5.91 Å². The molecule has 0 aliphatic heterocycles. The van der Waals surface area contributed by atoms with Crippen molar-refractivity contribution in [3.63, 3.8) is 0 Å². The lowest BCUT2D eigenvalue weighted by Crippen LogP contribution is -2.15. The summed E-state index contributed by atoms with van der Waals surface area (Å²) in [6.45, 7) is 0. The van der Waals surface area contributed by atoms with Crippen LogP contribution in [0.3, 0.4) is 0 Å². The van der Waals surface area contributed by atoms with E-state index in [1.165, 1.54) is 42.5 Å². The summed E-state index contributed by atoms with van der Waals surface area (Å²) in [4.78, 5) is 22.6. The molecule has 5 nitrogen and oxygen atoms in total. The summed E-state index contributed by atoms with van der Waals surface area (Å²) in [5, 5.41) is 21.0. The number of aromatic hydroxyl groups is 1. The highest BCUT2D eigenvalue weighted by Gasteiger charge is 2.10. The molecule has 0 bridgehead atoms. The minimum atomic E-state index is -1.01. The minimum absolute atomic E-state index is 0.0167. The number of amides is 1. The molecule has 2 rings (SSSR count). The first kappa shape index (κ1) is 15.5. The Morgan fingerprint density at radius 2 is 1.64 bits per heavy atom. The molecule has 0 aromatic heterocycles. The van der Waals surface area contributed by atoms with Crippen LogP contribution in [0.2, 0.25) is 0 Å². The van der Waals surface area contributed by atoms with Gasteiger partial charge in [0.25, 0.3) is 0 Å². The number of phenols is 1. The Labute approximate surface area is 126 Å². The molecule has 0 saturated heterocycles. The van der Waals surface area contributed by atoms with Crippen molar-refractivity contribution in [3.8, 4) is 5.75 Å². The van der Waals surface area contributed by atoms with Crippen LogP contribution in [0.1, 0.15) is 11.1 Å². The second kappa shape index (κ2) is 6.71. The Morgan fingerprint density at radius 3 is 2.27 bits per heavy atom. The topological polar surface area (TPSA) is 86.6 Å². The molecule has 22 heavy (non-hydrogen) atoms. The average Bonchev–Trinajstić information content (AvgIpc) is 2.44. The SMILES string of the molecule is O=C(O)Cc1ccc(O)c(NC(=O)Cc2ccc(F)cc2)c1. The Hall–Kier alpha value is -2.89. The van der Waals surface area contributed by atoms with Crippen molar-refractivity contribution in [2.75, 3.05) is 5.32 Å². The van der Waals surface area contributed by atoms with Gasteiger partial charge in [0.15, 0.2) is 0 Å². The monoisotopic (exact) mass is 303 g/mol. The van der Waals surface area contributed by atoms with Gasteiger partial charge in [-0.25, -0.2) is 4.39 Å². The van der Waals surface area contributed by atoms with Crippen LogP contribution in [0.15, 0.2) is 42.5 Å². The summed E-state index contributed by atoms with van der Waals surface area (Å²) in [6, 6.07) is 9.71. The quantitative estimate of drug-likeness (QED) is 0.740. The van der Waals surface area contributed by atoms with Crippen LogP contribution < -0.4 is 5.32 Å². The molecule has 0 heterocycles. The van der Waals surface area contributed by atoms with E-state index in [1.807, 2.05) is 0 Å². The zero-order chi connectivity index (χ0) is 16.1. The lowest BCUT2D eigenvalue weighted by atomic mass is 10.1. The molecular formula is C16H14FNO4. The molecule has 0 unspecified atom stereocenters. The van der Waals surface area contributed by atoms with Crippen LogP contribution in [0.4, 0.5) is 10.1 Å². The Morgan fingerprint density at radius 1 is 1.00 bits per heavy atom. The van der Waals surface area contributed by atoms with Crippen LogP contribution in [0.5, 0.6) is 5.75 Å². The first-order chi connectivity index (χ1) is 10.4. The number of nitrogens with one attached hydrogen (secondary N) is 1. The van der Waals surface area contributed by atoms with E-state index in [9.17, 15) is 19.1 Å². The lowest BCUT2D eigenvalue weighted by molar-refractivity contribution is -0.136. The second-order valence-corrected chi connectivity index (χ2v) is 4.77. The summed E-state index contributed by atoms with van der Waals surface area (Å²) in [5.74, 6) is -1.94. The summed E-state index contributed by atoms with van der Waals surface area (Å²) in [5.41, 5.74) is 1.23. The van der Waals surface area contributed by atoms with Crippen molar-refractivity contribution < 1.29 is 24.2 Å². The fraction of sp³-hybridized carbons (Fsp3) is 0.125. The minimum Gasteiger partial charge on any atom is -0.506 e. The van der Waals surface area contributed by atoms with Crippen LogP contribution in [0.25, 0.3) is 0 Å². The molecule has 0 spiro atoms. The number of carbonyl (C=O) groups is 2. The third kappa shape index (κ3) is 4.31. The maximum absolute atomic E-state index is 12.8. The second-order valence-electron chi connectivity index (χ2n) is 4.77. The van der Waals surface area contributed by atoms with Crippen molar-refractivity contribution in [2.24, 2.45) is 0 Å². The number of benzene rings is 2. The predicted molar refractivity (Wildman–Crippen MR) is 78.2 cm³/mol. The highest BCUT2D eigenvalue weighted by molar-refractivity contribution is 5.93. The number of carboxylic acid groups (broad SMARTS) is 1. The maximum atomic E-state index is 12.8. The average molecular weight is 303 g/mol. The summed E-state index contributed by atoms with van der Waals surface area (Å²) < 4.78 is 12.8. The number of hydrogen-bond donors (Lipinski definition) is 3. The number of anilines is 1. The van der Waals surface area contributed by atoms with Crippen LogP contribution >= 0.6 is 0 Å². The number of hydrogen-bond acceptors (Lipinski definition) is 3. The van der Waals surface area contributed by atoms with Crippen molar-refractivity contribution >= 4 is 17.6 Å². The molecule has 2 aromatic carbocycles. The molecule has 0 fully saturated rings. The third-order valence-electron chi connectivity index (χ3n) is 2.97. The van der Waals surface area contributed by atoms with E-state index in [0.717, 1.165) is 0 Å². The van der Waals surface area contributed by atoms with Crippen molar-refractivity contribution in [3.05, 3.63) is 59.4 Å². The van der Waals surface area contributed by atoms with E-state index in [2.05, 4.69) is 5.32 Å². The molecule has 0 atom stereocenters. The smallest absolute Gasteiger partial charge is 0.307 e. The van der Waals surface area contributed by atoms with Gasteiger partial charge in [0.1, 0.15) is 11.6 Å². The van der Waals surface area contributed by atoms with E-state index >= 15 is 0 Å². The zero-order valence-electron chi connectivity index (χ0n) is 11.5. The third-order valence-corrected chi connectivity index (χ3v) is 2.97. The van der Waals surface area contributed by atoms with Crippen LogP contribution in [-0.2, 0) is 22.4 Å². The summed E-state index contributed by atoms with van der Waals surface area (Å²) >= 11 is 0. The molecule has 3 N–H and O–H groups in total. The molecule has 114 valence electrons. The molecule has 0 aliphatic carbocycles. The normalized spacial score (nSPS) is 10.2. The highest BCUT2D eigenvalue weighted by atomic mass is 19.1. The standard InChI is InChI=1S/C16H14FNO4/c17-12-4-1-10(2-5-12)8-15(20)18-13-7-11(9-16(21)22)3-6-14(13)19/h1-7,19H,8-9H2,(H,18,20)(H,21,22). The van der Waals surface area contributed by atoms with E-state index < -0.39 is 11.9 Å². The van der Waals surface area contributed by atoms with Gasteiger partial charge < -0.3 is 15.5 Å². The van der Waals surface area contributed by atoms with Crippen molar-refractivity contribution in [1.82, 2.24) is 0 Å². The number of carboxylic acids is 1. The molecule has 1 amide bonds. The van der Waals surface area contributed by atoms with Gasteiger partial charge in [-0.2, -0.15) is 0 Å². The number of phenolic OH excluding ortho intramolecular Hbond substituents is 1. The Balaban J connectivity index is 2.07. The fourth-order valence-corrected chi connectivity index (χ4v) is 1.95. The molecule has 2 aromatic rings. The zero-order valence-corrected chi connectivity index (χ0v) is 11.5. The molecular weight excluding hydrogens is 289 g/mol. The molecule has 0 saturated carbocycles. The molecule has 0 radical (unpaired) electrons. The maximum Gasteiger partial charge on any atom is 0.307 e. The van der Waals surface area contributed by atoms with Crippen LogP contribution in [-0.4, -0.2) is 22.1 Å². The van der Waals surface area contributed by atoms with Gasteiger partial charge >= 0.3 is 5.97 Å². The van der Waals surface area contributed by atoms with Gasteiger partial charge in [0, 0.05) is 0 Å². The first-order valence-electron chi connectivity index (χ1n) is 6.52. The van der Waals surface area contributed by atoms with Gasteiger partial charge in [-0.1, -0.05) is 18.2 Å². The van der Waals surface area contributed by atoms with Gasteiger partial charge in [0.05, 0.1) is 18.5 Å². The largest absolute Gasteiger partial charge is 0.506 e. The van der Waals surface area contributed by atoms with Crippen LogP contribution in [0, 0.1) is 5.82 Å². The number of halogens is 1. The van der Waals surface area contributed by atoms with E-state index in [1.54, 1.807) is 0 Å². The van der Waals surface area contributed by atoms with Crippen molar-refractivity contribution in [2.45, 2.75) is 12.8 Å². The Kier molecular flexibility index (Phi) is 4.73. The number of carbonyl (C=O) groups excluding carboxylic acids is 1. The fourth-order valence-electron chi connectivity index (χ4n) is 1.95. The van der Waals surface area contributed by atoms with Crippen molar-refractivity contribution in [1.29, 1.82) is 0 Å². The summed E-state index contributed by atoms with van der Waals surface area (Å²) in [7, 11) is 0. The van der Waals surface area contributed by atoms with E-state index in [4.69, 9.17) is 5.11 Å². The lowest BCUT2D eigenvalue weighted by Gasteiger charge is -2.09. The predicted octanol–water partition coefficient (Wildman–Crippen LogP) is 2.34. The Bertz CT molecular complexity index is 698. The van der Waals surface area contributed by atoms with E-state index in [-0.39, 0.29) is 30.1 Å². The molecule has 6 heteroatoms. The van der Waals surface area contributed by atoms with Gasteiger partial charge in [-0.05, 0) is 35.4 Å². The summed E-state index contributed by atoms with van der Waals surface area (Å²) in [6.07, 6.45) is -0.190. The highest BCUT2D eigenvalue weighted by Crippen LogP contribution is 2.24. The first-order valence-corrected chi connectivity index (χ1v) is 6.52. The van der Waals surface area contributed by atoms with Gasteiger partial charge in [-0.15, -0.1) is 0 Å².